The van der Waals surface area contributed by atoms with Gasteiger partial charge >= 0.3 is 496 Å². The average Bonchev–Trinajstić information content (AvgIpc) is 4.29. The molecule has 438 valence electrons. The van der Waals surface area contributed by atoms with Gasteiger partial charge in [0.15, 0.2) is 0 Å². The summed E-state index contributed by atoms with van der Waals surface area (Å²) in [6, 6.07) is 21.5. The summed E-state index contributed by atoms with van der Waals surface area (Å²) in [5.41, 5.74) is 32.6. The molecular weight excluding hydrogens is 1150 g/mol. The van der Waals surface area contributed by atoms with E-state index >= 15 is 0 Å². The van der Waals surface area contributed by atoms with Gasteiger partial charge in [-0.25, -0.2) is 0 Å². The Kier molecular flexibility index (Phi) is 17.2. The van der Waals surface area contributed by atoms with Crippen LogP contribution in [-0.2, 0) is 32.9 Å². The van der Waals surface area contributed by atoms with Gasteiger partial charge in [0.25, 0.3) is 0 Å². The third kappa shape index (κ3) is 9.99. The number of allylic oxidation sites excluding steroid dienone is 4. The molecule has 0 saturated carbocycles. The van der Waals surface area contributed by atoms with Gasteiger partial charge in [0, 0.05) is 0 Å². The Morgan fingerprint density at radius 3 is 0.675 bits per heavy atom. The fourth-order valence-electron chi connectivity index (χ4n) is 20.2. The van der Waals surface area contributed by atoms with E-state index in [0.29, 0.717) is 61.8 Å². The summed E-state index contributed by atoms with van der Waals surface area (Å²) in [7, 11) is 0. The van der Waals surface area contributed by atoms with Gasteiger partial charge in [0.05, 0.1) is 0 Å². The molecule has 0 heterocycles. The molecule has 8 rings (SSSR count). The number of unbranched alkanes of at least 4 members (excludes halogenated alkanes) is 3. The predicted molar refractivity (Wildman–Crippen MR) is 364 cm³/mol. The molecule has 0 amide bonds. The van der Waals surface area contributed by atoms with Crippen LogP contribution < -0.4 is 0 Å². The van der Waals surface area contributed by atoms with Gasteiger partial charge in [-0.3, -0.25) is 0 Å². The quantitative estimate of drug-likeness (QED) is 0.0576. The van der Waals surface area contributed by atoms with Gasteiger partial charge < -0.3 is 0 Å². The molecule has 0 nitrogen and oxygen atoms in total. The first kappa shape index (κ1) is 64.0. The van der Waals surface area contributed by atoms with Crippen molar-refractivity contribution >= 4 is 37.6 Å². The first-order valence-electron chi connectivity index (χ1n) is 33.3. The van der Waals surface area contributed by atoms with Gasteiger partial charge in [-0.05, 0) is 0 Å². The zero-order valence-electron chi connectivity index (χ0n) is 56.5. The minimum atomic E-state index is -4.68. The van der Waals surface area contributed by atoms with E-state index < -0.39 is 46.2 Å². The summed E-state index contributed by atoms with van der Waals surface area (Å²) in [5.74, 6) is 3.99. The molecule has 0 saturated heterocycles. The van der Waals surface area contributed by atoms with Crippen molar-refractivity contribution in [3.63, 3.8) is 0 Å². The van der Waals surface area contributed by atoms with Gasteiger partial charge in [0.2, 0.25) is 0 Å². The summed E-state index contributed by atoms with van der Waals surface area (Å²) in [4.78, 5) is 0. The molecule has 0 fully saturated rings. The van der Waals surface area contributed by atoms with Crippen LogP contribution in [0.1, 0.15) is 315 Å². The first-order chi connectivity index (χ1) is 37.0. The van der Waals surface area contributed by atoms with Crippen molar-refractivity contribution in [2.24, 2.45) is 0 Å². The SMILES string of the molecule is C[SiH2][Zr]([CH3])([CH3])([CH2]CCCC[CH2][Zr]([CH3])([CH3])([SiH2]C)([CH]1C(C)=Cc2c(C(C)C)cc(C(C)C)cc21)[CH]1C(C)=Cc2c(C(C)C)cc(C(C)C)cc21)([CH]1C(C)=Cc2c(C(C)C)cc(C(C)C)cc21)[CH]1C(C)=Cc2c(C(C)C)cc(C(C)C)cc21. The summed E-state index contributed by atoms with van der Waals surface area (Å²) < 4.78 is 17.5. The number of hydrogen-bond acceptors (Lipinski definition) is 0. The van der Waals surface area contributed by atoms with Gasteiger partial charge in [-0.2, -0.15) is 0 Å². The van der Waals surface area contributed by atoms with Crippen molar-refractivity contribution in [1.29, 1.82) is 0 Å². The molecule has 4 atom stereocenters. The van der Waals surface area contributed by atoms with E-state index in [1.165, 1.54) is 33.9 Å². The summed E-state index contributed by atoms with van der Waals surface area (Å²) in [6.07, 6.45) is 16.4. The topological polar surface area (TPSA) is 0 Å². The molecule has 0 aromatic heterocycles. The molecule has 0 aliphatic heterocycles. The second kappa shape index (κ2) is 21.5. The van der Waals surface area contributed by atoms with Crippen molar-refractivity contribution in [3.05, 3.63) is 160 Å². The van der Waals surface area contributed by atoms with Crippen LogP contribution in [0, 0.1) is 0 Å². The Morgan fingerprint density at radius 2 is 0.512 bits per heavy atom. The molecule has 4 aromatic rings. The van der Waals surface area contributed by atoms with E-state index in [2.05, 4.69) is 243 Å². The van der Waals surface area contributed by atoms with Crippen LogP contribution in [0.2, 0.25) is 39.9 Å². The first-order valence-corrected chi connectivity index (χ1v) is 66.9. The maximum atomic E-state index is 3.12. The van der Waals surface area contributed by atoms with E-state index in [0.717, 1.165) is 0 Å². The van der Waals surface area contributed by atoms with Gasteiger partial charge in [-0.1, -0.05) is 0 Å². The van der Waals surface area contributed by atoms with Crippen LogP contribution >= 0.6 is 0 Å². The third-order valence-electron chi connectivity index (χ3n) is 25.1. The van der Waals surface area contributed by atoms with E-state index in [1.807, 2.05) is 0 Å². The fourth-order valence-corrected chi connectivity index (χ4v) is 101. The van der Waals surface area contributed by atoms with E-state index in [4.69, 9.17) is 0 Å². The molecule has 4 aliphatic rings. The number of rotatable bonds is 21. The predicted octanol–water partition coefficient (Wildman–Crippen LogP) is 23.9. The molecule has 0 bridgehead atoms. The maximum absolute atomic E-state index is 4.68. The van der Waals surface area contributed by atoms with Crippen LogP contribution in [0.5, 0.6) is 0 Å². The van der Waals surface area contributed by atoms with E-state index in [1.54, 1.807) is 111 Å². The number of benzene rings is 4. The fraction of sp³-hybridized carbons (Fsp3) is 0.579. The second-order valence-corrected chi connectivity index (χ2v) is 129. The van der Waals surface area contributed by atoms with Crippen molar-refractivity contribution in [2.45, 2.75) is 266 Å². The molecule has 4 aromatic carbocycles. The van der Waals surface area contributed by atoms with Crippen molar-refractivity contribution < 1.29 is 32.9 Å². The molecule has 4 heteroatoms. The summed E-state index contributed by atoms with van der Waals surface area (Å²) in [5, 5.41) is 0. The molecule has 0 N–H and O–H groups in total. The molecule has 80 heavy (non-hydrogen) atoms. The Bertz CT molecular complexity index is 2850. The molecule has 0 spiro atoms. The second-order valence-electron chi connectivity index (χ2n) is 34.2. The average molecular weight is 1270 g/mol. The van der Waals surface area contributed by atoms with Gasteiger partial charge in [0.1, 0.15) is 0 Å². The Labute approximate surface area is 491 Å². The van der Waals surface area contributed by atoms with Crippen molar-refractivity contribution in [3.8, 4) is 0 Å². The van der Waals surface area contributed by atoms with Crippen LogP contribution in [0.25, 0.3) is 24.3 Å². The number of fused-ring (bicyclic) bond motifs is 4. The normalized spacial score (nSPS) is 21.2. The summed E-state index contributed by atoms with van der Waals surface area (Å²) >= 11 is -9.36. The molecular formula is C76H118Si2Zr2. The van der Waals surface area contributed by atoms with Crippen molar-refractivity contribution in [2.75, 3.05) is 0 Å². The molecule has 4 unspecified atom stereocenters. The molecule has 4 aliphatic carbocycles. The van der Waals surface area contributed by atoms with Crippen LogP contribution in [0.3, 0.4) is 0 Å². The van der Waals surface area contributed by atoms with Crippen LogP contribution in [-0.4, -0.2) is 13.3 Å². The Morgan fingerprint density at radius 1 is 0.312 bits per heavy atom. The Balaban J connectivity index is 1.28. The monoisotopic (exact) mass is 1270 g/mol. The van der Waals surface area contributed by atoms with Crippen molar-refractivity contribution in [1.82, 2.24) is 0 Å². The number of hydrogen-bond donors (Lipinski definition) is 0. The van der Waals surface area contributed by atoms with Crippen LogP contribution in [0.4, 0.5) is 0 Å². The minimum absolute atomic E-state index is 0.495. The summed E-state index contributed by atoms with van der Waals surface area (Å²) in [6.45, 7) is 54.1. The zero-order valence-corrected chi connectivity index (χ0v) is 64.3. The van der Waals surface area contributed by atoms with E-state index in [9.17, 15) is 0 Å². The standard InChI is InChI=1S/4C16H21.C6H12.2CH5Si.4CH3.2Zr/c4*1-10(2)13-8-14-6-12(5)7-16(14)15(9-13)11(3)4;1-3-5-6-4-2;2*1-2;;;;;;/h4*6-11H,1-5H3;1-6H2;2*2H2,1H3;4*1H3;;. The third-order valence-corrected chi connectivity index (χ3v) is 126. The molecule has 0 radical (unpaired) electrons. The van der Waals surface area contributed by atoms with E-state index in [-0.39, 0.29) is 0 Å². The van der Waals surface area contributed by atoms with Crippen LogP contribution in [0.15, 0.2) is 70.8 Å². The Hall–Kier alpha value is -1.96. The van der Waals surface area contributed by atoms with Gasteiger partial charge in [-0.15, -0.1) is 0 Å². The zero-order chi connectivity index (χ0) is 59.4.